The van der Waals surface area contributed by atoms with Crippen molar-refractivity contribution in [1.29, 1.82) is 0 Å². The van der Waals surface area contributed by atoms with E-state index in [0.717, 1.165) is 44.1 Å². The topological polar surface area (TPSA) is 62.4 Å². The first kappa shape index (κ1) is 15.8. The lowest BCUT2D eigenvalue weighted by atomic mass is 9.47. The maximum Gasteiger partial charge on any atom is 0.0868 e. The highest BCUT2D eigenvalue weighted by Crippen LogP contribution is 2.68. The first-order valence-electron chi connectivity index (χ1n) is 10.2. The normalized spacial score (nSPS) is 59.2. The Morgan fingerprint density at radius 1 is 1.08 bits per heavy atom. The van der Waals surface area contributed by atoms with E-state index in [9.17, 15) is 10.2 Å². The number of fused-ring (bicyclic) bond motifs is 5. The van der Waals surface area contributed by atoms with Crippen LogP contribution in [-0.4, -0.2) is 34.5 Å². The molecule has 0 unspecified atom stereocenters. The van der Waals surface area contributed by atoms with E-state index >= 15 is 0 Å². The van der Waals surface area contributed by atoms with Crippen LogP contribution in [0.15, 0.2) is 11.6 Å². The van der Waals surface area contributed by atoms with Crippen LogP contribution in [-0.2, 0) is 0 Å². The van der Waals surface area contributed by atoms with Gasteiger partial charge < -0.3 is 15.5 Å². The minimum Gasteiger partial charge on any atom is -0.393 e. The van der Waals surface area contributed by atoms with E-state index in [1.165, 1.54) is 25.7 Å². The quantitative estimate of drug-likeness (QED) is 0.511. The second-order valence-corrected chi connectivity index (χ2v) is 10.0. The summed E-state index contributed by atoms with van der Waals surface area (Å²) in [6.45, 7) is 5.88. The van der Waals surface area contributed by atoms with Gasteiger partial charge in [0.2, 0.25) is 0 Å². The van der Waals surface area contributed by atoms with E-state index in [-0.39, 0.29) is 11.5 Å². The van der Waals surface area contributed by atoms with Crippen molar-refractivity contribution in [2.45, 2.75) is 83.0 Å². The number of allylic oxidation sites excluding steroid dienone is 1. The average molecular weight is 332 g/mol. The summed E-state index contributed by atoms with van der Waals surface area (Å²) < 4.78 is 0. The van der Waals surface area contributed by atoms with E-state index < -0.39 is 5.60 Å². The summed E-state index contributed by atoms with van der Waals surface area (Å²) in [6, 6.07) is 0.346. The fourth-order valence-corrected chi connectivity index (χ4v) is 7.66. The van der Waals surface area contributed by atoms with Crippen molar-refractivity contribution in [2.75, 3.05) is 6.54 Å². The Morgan fingerprint density at radius 2 is 1.83 bits per heavy atom. The maximum absolute atomic E-state index is 11.5. The summed E-state index contributed by atoms with van der Waals surface area (Å²) in [5.74, 6) is 2.17. The molecule has 134 valence electrons. The predicted molar refractivity (Wildman–Crippen MR) is 94.5 cm³/mol. The van der Waals surface area contributed by atoms with E-state index in [0.29, 0.717) is 17.4 Å². The van der Waals surface area contributed by atoms with Crippen LogP contribution in [0.3, 0.4) is 0 Å². The summed E-state index contributed by atoms with van der Waals surface area (Å²) in [6.07, 6.45) is 11.2. The lowest BCUT2D eigenvalue weighted by molar-refractivity contribution is -0.124. The maximum atomic E-state index is 11.5. The molecule has 0 radical (unpaired) electrons. The van der Waals surface area contributed by atoms with Crippen molar-refractivity contribution in [3.05, 3.63) is 11.6 Å². The van der Waals surface area contributed by atoms with Crippen molar-refractivity contribution in [3.8, 4) is 0 Å². The second kappa shape index (κ2) is 4.86. The molecule has 5 rings (SSSR count). The predicted octanol–water partition coefficient (Wildman–Crippen LogP) is 3.01. The molecule has 4 aliphatic carbocycles. The Balaban J connectivity index is 1.49. The SMILES string of the molecule is C[C@]12CC[C@H](O)CC1=CC[C@@H]1[C@@H]2CC[C@@]2(C)[C@H]1CC[C@]2(O)[C@@H]1CN1. The molecule has 24 heavy (non-hydrogen) atoms. The second-order valence-electron chi connectivity index (χ2n) is 10.0. The number of aliphatic hydroxyl groups is 2. The van der Waals surface area contributed by atoms with Crippen LogP contribution < -0.4 is 5.32 Å². The fraction of sp³-hybridized carbons (Fsp3) is 0.905. The van der Waals surface area contributed by atoms with E-state index in [4.69, 9.17) is 0 Å². The van der Waals surface area contributed by atoms with Crippen molar-refractivity contribution in [3.63, 3.8) is 0 Å². The van der Waals surface area contributed by atoms with Crippen LogP contribution in [0.2, 0.25) is 0 Å². The third-order valence-corrected chi connectivity index (χ3v) is 9.28. The summed E-state index contributed by atoms with van der Waals surface area (Å²) in [5.41, 5.74) is 1.47. The lowest BCUT2D eigenvalue weighted by Gasteiger charge is -2.59. The fourth-order valence-electron chi connectivity index (χ4n) is 7.66. The van der Waals surface area contributed by atoms with Crippen LogP contribution in [0.4, 0.5) is 0 Å². The molecule has 1 aliphatic heterocycles. The third-order valence-electron chi connectivity index (χ3n) is 9.28. The summed E-state index contributed by atoms with van der Waals surface area (Å²) in [7, 11) is 0. The van der Waals surface area contributed by atoms with Gasteiger partial charge in [0, 0.05) is 18.0 Å². The van der Waals surface area contributed by atoms with E-state index in [1.54, 1.807) is 5.57 Å². The van der Waals surface area contributed by atoms with Crippen LogP contribution in [0.25, 0.3) is 0 Å². The first-order chi connectivity index (χ1) is 11.4. The van der Waals surface area contributed by atoms with E-state index in [1.807, 2.05) is 0 Å². The van der Waals surface area contributed by atoms with Crippen molar-refractivity contribution < 1.29 is 10.2 Å². The number of rotatable bonds is 1. The molecule has 3 nitrogen and oxygen atoms in total. The van der Waals surface area contributed by atoms with Gasteiger partial charge in [-0.1, -0.05) is 25.5 Å². The molecular formula is C21H33NO2. The summed E-state index contributed by atoms with van der Waals surface area (Å²) in [5, 5.41) is 25.0. The molecule has 1 heterocycles. The Morgan fingerprint density at radius 3 is 2.58 bits per heavy atom. The first-order valence-corrected chi connectivity index (χ1v) is 10.2. The highest BCUT2D eigenvalue weighted by atomic mass is 16.3. The Hall–Kier alpha value is -0.380. The van der Waals surface area contributed by atoms with Crippen molar-refractivity contribution >= 4 is 0 Å². The Bertz CT molecular complexity index is 584. The zero-order valence-electron chi connectivity index (χ0n) is 15.2. The van der Waals surface area contributed by atoms with Gasteiger partial charge in [-0.25, -0.2) is 0 Å². The smallest absolute Gasteiger partial charge is 0.0868 e. The molecule has 0 bridgehead atoms. The Kier molecular flexibility index (Phi) is 3.21. The number of hydrogen-bond donors (Lipinski definition) is 3. The molecule has 0 spiro atoms. The summed E-state index contributed by atoms with van der Waals surface area (Å²) in [4.78, 5) is 0. The average Bonchev–Trinajstić information content (AvgIpc) is 3.36. The van der Waals surface area contributed by atoms with Gasteiger partial charge in [0.15, 0.2) is 0 Å². The van der Waals surface area contributed by atoms with Gasteiger partial charge in [-0.05, 0) is 74.5 Å². The van der Waals surface area contributed by atoms with Gasteiger partial charge in [0.1, 0.15) is 0 Å². The number of aliphatic hydroxyl groups excluding tert-OH is 1. The largest absolute Gasteiger partial charge is 0.393 e. The number of hydrogen-bond acceptors (Lipinski definition) is 3. The van der Waals surface area contributed by atoms with Gasteiger partial charge in [-0.15, -0.1) is 0 Å². The summed E-state index contributed by atoms with van der Waals surface area (Å²) >= 11 is 0. The van der Waals surface area contributed by atoms with Gasteiger partial charge in [-0.3, -0.25) is 0 Å². The molecule has 4 fully saturated rings. The highest BCUT2D eigenvalue weighted by molar-refractivity contribution is 5.27. The molecule has 0 amide bonds. The highest BCUT2D eigenvalue weighted by Gasteiger charge is 2.67. The molecule has 0 aromatic heterocycles. The molecule has 5 aliphatic rings. The molecule has 8 atom stereocenters. The zero-order chi connectivity index (χ0) is 16.7. The zero-order valence-corrected chi connectivity index (χ0v) is 15.2. The standard InChI is InChI=1S/C21H33NO2/c1-19-8-5-14(23)11-13(19)3-4-15-16(19)6-9-20(2)17(15)7-10-21(20,24)18-12-22-18/h3,14-18,22-24H,4-12H2,1-2H3/t14-,15+,16-,17-,18-,19-,20-,21-/m0/s1. The van der Waals surface area contributed by atoms with Gasteiger partial charge in [0.05, 0.1) is 11.7 Å². The van der Waals surface area contributed by atoms with Gasteiger partial charge in [0.25, 0.3) is 0 Å². The van der Waals surface area contributed by atoms with Gasteiger partial charge >= 0.3 is 0 Å². The molecule has 1 saturated heterocycles. The van der Waals surface area contributed by atoms with Crippen LogP contribution in [0.1, 0.15) is 65.2 Å². The Labute approximate surface area is 145 Å². The van der Waals surface area contributed by atoms with Crippen LogP contribution in [0.5, 0.6) is 0 Å². The molecule has 0 aromatic carbocycles. The lowest BCUT2D eigenvalue weighted by Crippen LogP contribution is -2.57. The minimum atomic E-state index is -0.476. The third kappa shape index (κ3) is 1.84. The molecule has 3 N–H and O–H groups in total. The van der Waals surface area contributed by atoms with Crippen LogP contribution >= 0.6 is 0 Å². The monoisotopic (exact) mass is 331 g/mol. The van der Waals surface area contributed by atoms with Crippen molar-refractivity contribution in [2.24, 2.45) is 28.6 Å². The van der Waals surface area contributed by atoms with Crippen molar-refractivity contribution in [1.82, 2.24) is 5.32 Å². The molecule has 3 heteroatoms. The molecule has 3 saturated carbocycles. The minimum absolute atomic E-state index is 0.0955. The van der Waals surface area contributed by atoms with Gasteiger partial charge in [-0.2, -0.15) is 0 Å². The molecule has 0 aromatic rings. The van der Waals surface area contributed by atoms with Crippen LogP contribution in [0, 0.1) is 28.6 Å². The molecular weight excluding hydrogens is 298 g/mol. The number of nitrogens with one attached hydrogen (secondary N) is 1. The van der Waals surface area contributed by atoms with E-state index in [2.05, 4.69) is 25.2 Å².